The van der Waals surface area contributed by atoms with Crippen molar-refractivity contribution in [1.82, 2.24) is 5.32 Å². The molecule has 0 radical (unpaired) electrons. The van der Waals surface area contributed by atoms with Crippen LogP contribution in [0, 0.1) is 11.7 Å². The predicted octanol–water partition coefficient (Wildman–Crippen LogP) is 2.17. The van der Waals surface area contributed by atoms with Crippen LogP contribution in [0.15, 0.2) is 24.3 Å². The molecule has 1 aliphatic rings. The monoisotopic (exact) mass is 237 g/mol. The maximum Gasteiger partial charge on any atom is 0.323 e. The van der Waals surface area contributed by atoms with Gasteiger partial charge in [0, 0.05) is 12.1 Å². The fraction of sp³-hybridized carbons (Fsp3) is 0.462. The molecule has 2 N–H and O–H groups in total. The fourth-order valence-corrected chi connectivity index (χ4v) is 1.98. The molecular formula is C13H16FNO2. The highest BCUT2D eigenvalue weighted by molar-refractivity contribution is 5.79. The van der Waals surface area contributed by atoms with Crippen molar-refractivity contribution >= 4 is 5.97 Å². The molecule has 4 heteroatoms. The first-order valence-electron chi connectivity index (χ1n) is 5.76. The Morgan fingerprint density at radius 1 is 1.53 bits per heavy atom. The predicted molar refractivity (Wildman–Crippen MR) is 62.0 cm³/mol. The summed E-state index contributed by atoms with van der Waals surface area (Å²) >= 11 is 0. The summed E-state index contributed by atoms with van der Waals surface area (Å²) in [4.78, 5) is 11.3. The third kappa shape index (κ3) is 2.47. The van der Waals surface area contributed by atoms with E-state index in [-0.39, 0.29) is 18.3 Å². The number of aliphatic carboxylic acids is 1. The van der Waals surface area contributed by atoms with E-state index in [1.54, 1.807) is 25.1 Å². The number of nitrogens with one attached hydrogen (secondary N) is 1. The molecule has 1 unspecified atom stereocenters. The minimum absolute atomic E-state index is 0.159. The Morgan fingerprint density at radius 2 is 2.18 bits per heavy atom. The number of hydrogen-bond donors (Lipinski definition) is 2. The highest BCUT2D eigenvalue weighted by atomic mass is 19.1. The molecule has 0 spiro atoms. The Kier molecular flexibility index (Phi) is 3.15. The summed E-state index contributed by atoms with van der Waals surface area (Å²) in [6.07, 6.45) is 1.85. The van der Waals surface area contributed by atoms with E-state index in [1.807, 2.05) is 0 Å². The SMILES string of the molecule is CC(NCc1ccccc1F)(C(=O)O)C1CC1. The van der Waals surface area contributed by atoms with Crippen LogP contribution < -0.4 is 5.32 Å². The topological polar surface area (TPSA) is 49.3 Å². The summed E-state index contributed by atoms with van der Waals surface area (Å²) < 4.78 is 13.4. The number of hydrogen-bond acceptors (Lipinski definition) is 2. The van der Waals surface area contributed by atoms with Gasteiger partial charge < -0.3 is 5.11 Å². The maximum absolute atomic E-state index is 13.4. The van der Waals surface area contributed by atoms with E-state index < -0.39 is 11.5 Å². The van der Waals surface area contributed by atoms with Gasteiger partial charge >= 0.3 is 5.97 Å². The van der Waals surface area contributed by atoms with Crippen LogP contribution in [0.3, 0.4) is 0 Å². The van der Waals surface area contributed by atoms with Crippen molar-refractivity contribution in [2.75, 3.05) is 0 Å². The van der Waals surface area contributed by atoms with Gasteiger partial charge in [-0.05, 0) is 31.7 Å². The summed E-state index contributed by atoms with van der Waals surface area (Å²) in [5, 5.41) is 12.2. The summed E-state index contributed by atoms with van der Waals surface area (Å²) in [5.41, 5.74) is -0.442. The van der Waals surface area contributed by atoms with E-state index in [4.69, 9.17) is 0 Å². The quantitative estimate of drug-likeness (QED) is 0.825. The van der Waals surface area contributed by atoms with Crippen LogP contribution in [-0.4, -0.2) is 16.6 Å². The molecule has 0 saturated heterocycles. The molecule has 0 bridgehead atoms. The molecule has 2 rings (SSSR count). The second-order valence-electron chi connectivity index (χ2n) is 4.73. The Labute approximate surface area is 99.7 Å². The Hall–Kier alpha value is -1.42. The molecule has 0 aromatic heterocycles. The first kappa shape index (κ1) is 12.0. The van der Waals surface area contributed by atoms with Crippen LogP contribution in [0.4, 0.5) is 4.39 Å². The smallest absolute Gasteiger partial charge is 0.323 e. The first-order valence-corrected chi connectivity index (χ1v) is 5.76. The van der Waals surface area contributed by atoms with Crippen molar-refractivity contribution in [3.8, 4) is 0 Å². The van der Waals surface area contributed by atoms with E-state index >= 15 is 0 Å². The number of rotatable bonds is 5. The third-order valence-electron chi connectivity index (χ3n) is 3.44. The van der Waals surface area contributed by atoms with Gasteiger partial charge in [-0.25, -0.2) is 4.39 Å². The molecular weight excluding hydrogens is 221 g/mol. The molecule has 0 aliphatic heterocycles. The van der Waals surface area contributed by atoms with Gasteiger partial charge in [-0.1, -0.05) is 18.2 Å². The van der Waals surface area contributed by atoms with Gasteiger partial charge in [0.2, 0.25) is 0 Å². The molecule has 17 heavy (non-hydrogen) atoms. The first-order chi connectivity index (χ1) is 8.04. The Bertz CT molecular complexity index is 431. The van der Waals surface area contributed by atoms with Gasteiger partial charge in [0.1, 0.15) is 11.4 Å². The molecule has 3 nitrogen and oxygen atoms in total. The minimum atomic E-state index is -0.942. The minimum Gasteiger partial charge on any atom is -0.480 e. The average Bonchev–Trinajstić information content (AvgIpc) is 3.11. The van der Waals surface area contributed by atoms with Crippen LogP contribution in [0.2, 0.25) is 0 Å². The zero-order chi connectivity index (χ0) is 12.5. The maximum atomic E-state index is 13.4. The van der Waals surface area contributed by atoms with Gasteiger partial charge in [0.15, 0.2) is 0 Å². The zero-order valence-electron chi connectivity index (χ0n) is 9.74. The van der Waals surface area contributed by atoms with E-state index in [9.17, 15) is 14.3 Å². The van der Waals surface area contributed by atoms with Crippen LogP contribution in [0.5, 0.6) is 0 Å². The Balaban J connectivity index is 2.06. The number of carbonyl (C=O) groups is 1. The summed E-state index contributed by atoms with van der Waals surface area (Å²) in [7, 11) is 0. The van der Waals surface area contributed by atoms with Gasteiger partial charge in [0.25, 0.3) is 0 Å². The lowest BCUT2D eigenvalue weighted by atomic mass is 9.95. The van der Waals surface area contributed by atoms with Gasteiger partial charge in [0.05, 0.1) is 0 Å². The van der Waals surface area contributed by atoms with E-state index in [2.05, 4.69) is 5.32 Å². The van der Waals surface area contributed by atoms with Crippen LogP contribution in [0.25, 0.3) is 0 Å². The largest absolute Gasteiger partial charge is 0.480 e. The van der Waals surface area contributed by atoms with Crippen molar-refractivity contribution in [2.24, 2.45) is 5.92 Å². The number of benzene rings is 1. The summed E-state index contributed by atoms with van der Waals surface area (Å²) in [6.45, 7) is 1.92. The normalized spacial score (nSPS) is 18.7. The number of halogens is 1. The highest BCUT2D eigenvalue weighted by Gasteiger charge is 2.47. The van der Waals surface area contributed by atoms with Crippen molar-refractivity contribution in [1.29, 1.82) is 0 Å². The standard InChI is InChI=1S/C13H16FNO2/c1-13(12(16)17,10-6-7-10)15-8-9-4-2-3-5-11(9)14/h2-5,10,15H,6-8H2,1H3,(H,16,17). The third-order valence-corrected chi connectivity index (χ3v) is 3.44. The summed E-state index contributed by atoms with van der Waals surface area (Å²) in [5.74, 6) is -1.01. The second-order valence-corrected chi connectivity index (χ2v) is 4.73. The van der Waals surface area contributed by atoms with Crippen LogP contribution >= 0.6 is 0 Å². The average molecular weight is 237 g/mol. The lowest BCUT2D eigenvalue weighted by molar-refractivity contribution is -0.145. The van der Waals surface area contributed by atoms with E-state index in [0.717, 1.165) is 12.8 Å². The molecule has 1 fully saturated rings. The number of carboxylic acid groups (broad SMARTS) is 1. The van der Waals surface area contributed by atoms with Crippen LogP contribution in [0.1, 0.15) is 25.3 Å². The van der Waals surface area contributed by atoms with Crippen molar-refractivity contribution in [3.05, 3.63) is 35.6 Å². The van der Waals surface area contributed by atoms with Crippen LogP contribution in [-0.2, 0) is 11.3 Å². The lowest BCUT2D eigenvalue weighted by Gasteiger charge is -2.26. The molecule has 1 aromatic rings. The van der Waals surface area contributed by atoms with Crippen molar-refractivity contribution in [2.45, 2.75) is 31.8 Å². The molecule has 1 aromatic carbocycles. The van der Waals surface area contributed by atoms with Gasteiger partial charge in [-0.15, -0.1) is 0 Å². The molecule has 1 atom stereocenters. The zero-order valence-corrected chi connectivity index (χ0v) is 9.74. The summed E-state index contributed by atoms with van der Waals surface area (Å²) in [6, 6.07) is 6.41. The lowest BCUT2D eigenvalue weighted by Crippen LogP contribution is -2.51. The van der Waals surface area contributed by atoms with Gasteiger partial charge in [-0.3, -0.25) is 10.1 Å². The fourth-order valence-electron chi connectivity index (χ4n) is 1.98. The van der Waals surface area contributed by atoms with E-state index in [0.29, 0.717) is 5.56 Å². The molecule has 1 saturated carbocycles. The Morgan fingerprint density at radius 3 is 2.71 bits per heavy atom. The van der Waals surface area contributed by atoms with E-state index in [1.165, 1.54) is 6.07 Å². The van der Waals surface area contributed by atoms with Gasteiger partial charge in [-0.2, -0.15) is 0 Å². The highest BCUT2D eigenvalue weighted by Crippen LogP contribution is 2.39. The van der Waals surface area contributed by atoms with Crippen molar-refractivity contribution in [3.63, 3.8) is 0 Å². The number of carboxylic acids is 1. The molecule has 92 valence electrons. The molecule has 0 amide bonds. The molecule has 1 aliphatic carbocycles. The van der Waals surface area contributed by atoms with Crippen molar-refractivity contribution < 1.29 is 14.3 Å². The second kappa shape index (κ2) is 4.45. The molecule has 0 heterocycles.